The number of pyridine rings is 2. The maximum Gasteiger partial charge on any atom is 0.394 e. The molecule has 13 heteroatoms. The minimum absolute atomic E-state index is 0.0662. The number of aromatic nitrogens is 4. The standard InChI is InChI=1S/C30H36F3N7O2S/c1-3-28(2)18-20-6-5-15-34-22-7-4-8-25(35-22)43-38-27(41)21-9-10-23(36-26(21)39(28)19-20)40-16-11-24(37-40)42-17-14-29(12-13-29)30(31,32)33/h4,7-11,16,20H,3,5-6,12-15,17-19H2,1-2H3,(H,34,35)(H,38,41). The van der Waals surface area contributed by atoms with Crippen LogP contribution in [0.2, 0.25) is 0 Å². The molecule has 2 fully saturated rings. The molecule has 2 unspecified atom stereocenters. The predicted octanol–water partition coefficient (Wildman–Crippen LogP) is 6.41. The van der Waals surface area contributed by atoms with Gasteiger partial charge >= 0.3 is 6.18 Å². The Morgan fingerprint density at radius 2 is 2.00 bits per heavy atom. The Morgan fingerprint density at radius 1 is 1.16 bits per heavy atom. The first-order valence-electron chi connectivity index (χ1n) is 14.8. The van der Waals surface area contributed by atoms with E-state index in [9.17, 15) is 18.0 Å². The Kier molecular flexibility index (Phi) is 7.95. The normalized spacial score (nSPS) is 23.4. The second-order valence-corrected chi connectivity index (χ2v) is 12.8. The first kappa shape index (κ1) is 29.6. The van der Waals surface area contributed by atoms with Crippen LogP contribution in [0.25, 0.3) is 5.82 Å². The summed E-state index contributed by atoms with van der Waals surface area (Å²) < 4.78 is 49.9. The summed E-state index contributed by atoms with van der Waals surface area (Å²) in [5, 5.41) is 8.50. The van der Waals surface area contributed by atoms with E-state index in [2.05, 4.69) is 38.9 Å². The number of amides is 1. The Hall–Kier alpha value is -3.48. The van der Waals surface area contributed by atoms with Gasteiger partial charge in [0.1, 0.15) is 16.7 Å². The third-order valence-electron chi connectivity index (χ3n) is 9.10. The van der Waals surface area contributed by atoms with Gasteiger partial charge in [0.25, 0.3) is 5.91 Å². The minimum atomic E-state index is -4.21. The highest BCUT2D eigenvalue weighted by molar-refractivity contribution is 7.97. The van der Waals surface area contributed by atoms with E-state index in [0.717, 1.165) is 56.5 Å². The molecule has 3 aromatic rings. The smallest absolute Gasteiger partial charge is 0.394 e. The molecule has 3 aliphatic rings. The molecule has 4 bridgehead atoms. The number of carbonyl (C=O) groups excluding carboxylic acids is 1. The van der Waals surface area contributed by atoms with E-state index in [1.165, 1.54) is 4.68 Å². The molecular formula is C30H36F3N7O2S. The fourth-order valence-electron chi connectivity index (χ4n) is 6.11. The lowest BCUT2D eigenvalue weighted by Gasteiger charge is -2.36. The molecular weight excluding hydrogens is 579 g/mol. The number of anilines is 2. The van der Waals surface area contributed by atoms with Crippen molar-refractivity contribution in [1.29, 1.82) is 0 Å². The summed E-state index contributed by atoms with van der Waals surface area (Å²) in [6.45, 7) is 5.90. The Labute approximate surface area is 253 Å². The monoisotopic (exact) mass is 615 g/mol. The Balaban J connectivity index is 1.27. The van der Waals surface area contributed by atoms with Crippen molar-refractivity contribution in [2.75, 3.05) is 29.9 Å². The number of hydrogen-bond acceptors (Lipinski definition) is 8. The van der Waals surface area contributed by atoms with Crippen LogP contribution in [0.3, 0.4) is 0 Å². The maximum atomic E-state index is 13.6. The molecule has 3 aromatic heterocycles. The van der Waals surface area contributed by atoms with Gasteiger partial charge in [0.05, 0.1) is 17.6 Å². The summed E-state index contributed by atoms with van der Waals surface area (Å²) in [6, 6.07) is 10.8. The first-order chi connectivity index (χ1) is 20.6. The van der Waals surface area contributed by atoms with Gasteiger partial charge in [0.15, 0.2) is 5.82 Å². The third kappa shape index (κ3) is 6.13. The number of ether oxygens (including phenoxy) is 1. The SMILES string of the molecule is CCC1(C)CC2CCCNc3cccc(n3)SNC(=O)c3ccc(-n4ccc(OCCC5(C(F)(F)F)CC5)n4)nc3N1C2. The van der Waals surface area contributed by atoms with Crippen molar-refractivity contribution in [3.63, 3.8) is 0 Å². The highest BCUT2D eigenvalue weighted by Gasteiger charge is 2.62. The van der Waals surface area contributed by atoms with Crippen LogP contribution in [0.1, 0.15) is 69.2 Å². The molecule has 0 radical (unpaired) electrons. The van der Waals surface area contributed by atoms with Crippen LogP contribution < -0.4 is 19.7 Å². The van der Waals surface area contributed by atoms with Crippen molar-refractivity contribution < 1.29 is 22.7 Å². The zero-order valence-electron chi connectivity index (χ0n) is 24.3. The van der Waals surface area contributed by atoms with Crippen LogP contribution in [-0.2, 0) is 0 Å². The van der Waals surface area contributed by atoms with Crippen molar-refractivity contribution in [3.8, 4) is 11.7 Å². The number of nitrogens with zero attached hydrogens (tertiary/aromatic N) is 5. The number of rotatable bonds is 6. The van der Waals surface area contributed by atoms with Crippen molar-refractivity contribution >= 4 is 29.5 Å². The van der Waals surface area contributed by atoms with Gasteiger partial charge in [-0.25, -0.2) is 14.6 Å². The molecule has 1 aliphatic carbocycles. The van der Waals surface area contributed by atoms with Crippen LogP contribution in [0.5, 0.6) is 5.88 Å². The lowest BCUT2D eigenvalue weighted by Crippen LogP contribution is -2.42. The molecule has 1 saturated heterocycles. The van der Waals surface area contributed by atoms with E-state index in [1.54, 1.807) is 24.4 Å². The van der Waals surface area contributed by atoms with Crippen molar-refractivity contribution in [2.45, 2.75) is 75.5 Å². The topological polar surface area (TPSA) is 97.2 Å². The molecule has 0 aromatic carbocycles. The molecule has 1 amide bonds. The van der Waals surface area contributed by atoms with E-state index in [1.807, 2.05) is 18.2 Å². The third-order valence-corrected chi connectivity index (χ3v) is 9.82. The molecule has 2 atom stereocenters. The van der Waals surface area contributed by atoms with E-state index in [-0.39, 0.29) is 43.2 Å². The number of nitrogens with one attached hydrogen (secondary N) is 2. The zero-order valence-corrected chi connectivity index (χ0v) is 25.1. The van der Waals surface area contributed by atoms with Gasteiger partial charge < -0.3 is 15.0 Å². The average Bonchev–Trinajstić information content (AvgIpc) is 3.52. The van der Waals surface area contributed by atoms with Gasteiger partial charge in [-0.3, -0.25) is 9.52 Å². The second kappa shape index (κ2) is 11.5. The van der Waals surface area contributed by atoms with Crippen LogP contribution in [0.15, 0.2) is 47.6 Å². The highest BCUT2D eigenvalue weighted by Crippen LogP contribution is 2.59. The number of halogens is 3. The van der Waals surface area contributed by atoms with E-state index in [4.69, 9.17) is 9.72 Å². The zero-order chi connectivity index (χ0) is 30.2. The molecule has 43 heavy (non-hydrogen) atoms. The van der Waals surface area contributed by atoms with Crippen LogP contribution >= 0.6 is 11.9 Å². The van der Waals surface area contributed by atoms with Crippen LogP contribution in [0, 0.1) is 11.3 Å². The number of fused-ring (bicyclic) bond motifs is 6. The predicted molar refractivity (Wildman–Crippen MR) is 159 cm³/mol. The Morgan fingerprint density at radius 3 is 2.77 bits per heavy atom. The quantitative estimate of drug-likeness (QED) is 0.307. The average molecular weight is 616 g/mol. The molecule has 9 nitrogen and oxygen atoms in total. The van der Waals surface area contributed by atoms with Gasteiger partial charge in [-0.05, 0) is 82.1 Å². The van der Waals surface area contributed by atoms with Crippen LogP contribution in [0.4, 0.5) is 24.8 Å². The molecule has 230 valence electrons. The van der Waals surface area contributed by atoms with E-state index < -0.39 is 11.6 Å². The highest BCUT2D eigenvalue weighted by atomic mass is 32.2. The van der Waals surface area contributed by atoms with Gasteiger partial charge in [0.2, 0.25) is 5.88 Å². The summed E-state index contributed by atoms with van der Waals surface area (Å²) in [4.78, 5) is 25.4. The number of alkyl halides is 3. The molecule has 2 N–H and O–H groups in total. The fourth-order valence-corrected chi connectivity index (χ4v) is 6.71. The van der Waals surface area contributed by atoms with Gasteiger partial charge in [-0.2, -0.15) is 13.2 Å². The van der Waals surface area contributed by atoms with Crippen molar-refractivity contribution in [3.05, 3.63) is 48.2 Å². The lowest BCUT2D eigenvalue weighted by atomic mass is 9.89. The molecule has 0 spiro atoms. The molecule has 1 saturated carbocycles. The van der Waals surface area contributed by atoms with Crippen molar-refractivity contribution in [2.24, 2.45) is 11.3 Å². The summed E-state index contributed by atoms with van der Waals surface area (Å²) in [7, 11) is 0. The minimum Gasteiger partial charge on any atom is -0.477 e. The van der Waals surface area contributed by atoms with Crippen LogP contribution in [-0.4, -0.2) is 57.1 Å². The lowest BCUT2D eigenvalue weighted by molar-refractivity contribution is -0.190. The van der Waals surface area contributed by atoms with Gasteiger partial charge in [-0.15, -0.1) is 5.10 Å². The first-order valence-corrected chi connectivity index (χ1v) is 15.6. The summed E-state index contributed by atoms with van der Waals surface area (Å²) in [5.41, 5.74) is -1.36. The van der Waals surface area contributed by atoms with Gasteiger partial charge in [0, 0.05) is 42.8 Å². The molecule has 2 aliphatic heterocycles. The maximum absolute atomic E-state index is 13.6. The second-order valence-electron chi connectivity index (χ2n) is 12.0. The number of hydrogen-bond donors (Lipinski definition) is 2. The van der Waals surface area contributed by atoms with Crippen molar-refractivity contribution in [1.82, 2.24) is 24.5 Å². The summed E-state index contributed by atoms with van der Waals surface area (Å²) >= 11 is 1.16. The van der Waals surface area contributed by atoms with Gasteiger partial charge in [-0.1, -0.05) is 13.0 Å². The number of carbonyl (C=O) groups is 1. The Bertz CT molecular complexity index is 1480. The molecule has 5 heterocycles. The fraction of sp³-hybridized carbons (Fsp3) is 0.533. The largest absolute Gasteiger partial charge is 0.477 e. The summed E-state index contributed by atoms with van der Waals surface area (Å²) in [6.07, 6.45) is 1.56. The molecule has 6 rings (SSSR count). The van der Waals surface area contributed by atoms with E-state index >= 15 is 0 Å². The summed E-state index contributed by atoms with van der Waals surface area (Å²) in [5.74, 6) is 2.23. The van der Waals surface area contributed by atoms with E-state index in [0.29, 0.717) is 28.1 Å².